The van der Waals surface area contributed by atoms with Crippen molar-refractivity contribution in [2.24, 2.45) is 5.73 Å². The molecule has 0 radical (unpaired) electrons. The van der Waals surface area contributed by atoms with Gasteiger partial charge in [-0.15, -0.1) is 0 Å². The molecule has 2 N–H and O–H groups in total. The maximum Gasteiger partial charge on any atom is 0.414 e. The minimum atomic E-state index is -4.34. The minimum absolute atomic E-state index is 0.145. The van der Waals surface area contributed by atoms with Crippen LogP contribution in [-0.2, 0) is 17.9 Å². The van der Waals surface area contributed by atoms with Crippen LogP contribution in [-0.4, -0.2) is 12.3 Å². The molecule has 3 nitrogen and oxygen atoms in total. The van der Waals surface area contributed by atoms with E-state index in [4.69, 9.17) is 10.2 Å². The van der Waals surface area contributed by atoms with Gasteiger partial charge in [-0.25, -0.2) is 0 Å². The first-order valence-electron chi connectivity index (χ1n) is 4.38. The average molecular weight is 223 g/mol. The Labute approximate surface area is 85.0 Å². The van der Waals surface area contributed by atoms with E-state index >= 15 is 0 Å². The number of hydrogen-bond donors (Lipinski definition) is 1. The Morgan fingerprint density at radius 1 is 1.53 bits per heavy atom. The van der Waals surface area contributed by atoms with Gasteiger partial charge < -0.3 is 14.9 Å². The predicted molar refractivity (Wildman–Crippen MR) is 46.9 cm³/mol. The summed E-state index contributed by atoms with van der Waals surface area (Å²) in [6.45, 7) is 0.956. The summed E-state index contributed by atoms with van der Waals surface area (Å²) in [7, 11) is 0. The fraction of sp³-hybridized carbons (Fsp3) is 0.556. The van der Waals surface area contributed by atoms with Crippen LogP contribution < -0.4 is 5.73 Å². The normalized spacial score (nSPS) is 14.2. The lowest BCUT2D eigenvalue weighted by molar-refractivity contribution is -0.217. The SMILES string of the molecule is CC(OCc1ccoc1CN)C(F)(F)F. The van der Waals surface area contributed by atoms with Crippen LogP contribution in [0.15, 0.2) is 16.7 Å². The van der Waals surface area contributed by atoms with E-state index in [0.29, 0.717) is 11.3 Å². The largest absolute Gasteiger partial charge is 0.468 e. The lowest BCUT2D eigenvalue weighted by atomic mass is 10.2. The molecule has 0 aromatic carbocycles. The summed E-state index contributed by atoms with van der Waals surface area (Å²) < 4.78 is 45.9. The van der Waals surface area contributed by atoms with Crippen LogP contribution in [0, 0.1) is 0 Å². The highest BCUT2D eigenvalue weighted by Crippen LogP contribution is 2.23. The molecule has 0 spiro atoms. The van der Waals surface area contributed by atoms with Crippen molar-refractivity contribution in [3.8, 4) is 0 Å². The van der Waals surface area contributed by atoms with Crippen molar-refractivity contribution in [2.45, 2.75) is 32.4 Å². The van der Waals surface area contributed by atoms with Crippen molar-refractivity contribution in [3.63, 3.8) is 0 Å². The van der Waals surface area contributed by atoms with Crippen molar-refractivity contribution >= 4 is 0 Å². The number of nitrogens with two attached hydrogens (primary N) is 1. The summed E-state index contributed by atoms with van der Waals surface area (Å²) in [5, 5.41) is 0. The first-order valence-corrected chi connectivity index (χ1v) is 4.38. The monoisotopic (exact) mass is 223 g/mol. The molecular weight excluding hydrogens is 211 g/mol. The average Bonchev–Trinajstić information content (AvgIpc) is 2.59. The third-order valence-electron chi connectivity index (χ3n) is 1.97. The lowest BCUT2D eigenvalue weighted by Gasteiger charge is -2.15. The van der Waals surface area contributed by atoms with Gasteiger partial charge >= 0.3 is 6.18 Å². The van der Waals surface area contributed by atoms with Crippen LogP contribution in [0.5, 0.6) is 0 Å². The fourth-order valence-electron chi connectivity index (χ4n) is 0.984. The highest BCUT2D eigenvalue weighted by atomic mass is 19.4. The van der Waals surface area contributed by atoms with Gasteiger partial charge in [0.1, 0.15) is 5.76 Å². The molecule has 86 valence electrons. The molecular formula is C9H12F3NO2. The topological polar surface area (TPSA) is 48.4 Å². The van der Waals surface area contributed by atoms with Gasteiger partial charge in [0.15, 0.2) is 6.10 Å². The van der Waals surface area contributed by atoms with Crippen molar-refractivity contribution < 1.29 is 22.3 Å². The molecule has 0 aliphatic rings. The molecule has 0 aliphatic heterocycles. The molecule has 0 bridgehead atoms. The zero-order chi connectivity index (χ0) is 11.5. The van der Waals surface area contributed by atoms with Crippen molar-refractivity contribution in [1.82, 2.24) is 0 Å². The summed E-state index contributed by atoms with van der Waals surface area (Å²) in [6.07, 6.45) is -4.76. The molecule has 1 atom stereocenters. The molecule has 1 aromatic heterocycles. The molecule has 1 aromatic rings. The third kappa shape index (κ3) is 3.24. The van der Waals surface area contributed by atoms with Crippen LogP contribution in [0.2, 0.25) is 0 Å². The molecule has 1 unspecified atom stereocenters. The molecule has 0 saturated carbocycles. The number of hydrogen-bond acceptors (Lipinski definition) is 3. The van der Waals surface area contributed by atoms with Crippen LogP contribution in [0.25, 0.3) is 0 Å². The molecule has 1 rings (SSSR count). The van der Waals surface area contributed by atoms with Gasteiger partial charge in [-0.1, -0.05) is 0 Å². The molecule has 0 saturated heterocycles. The quantitative estimate of drug-likeness (QED) is 0.851. The summed E-state index contributed by atoms with van der Waals surface area (Å²) in [4.78, 5) is 0. The van der Waals surface area contributed by atoms with Gasteiger partial charge in [0, 0.05) is 5.56 Å². The van der Waals surface area contributed by atoms with E-state index in [-0.39, 0.29) is 13.2 Å². The van der Waals surface area contributed by atoms with Crippen LogP contribution in [0.3, 0.4) is 0 Å². The van der Waals surface area contributed by atoms with E-state index < -0.39 is 12.3 Å². The second-order valence-corrected chi connectivity index (χ2v) is 3.07. The number of furan rings is 1. The Balaban J connectivity index is 2.50. The van der Waals surface area contributed by atoms with Gasteiger partial charge in [-0.2, -0.15) is 13.2 Å². The molecule has 1 heterocycles. The standard InChI is InChI=1S/C9H12F3NO2/c1-6(9(10,11)12)15-5-7-2-3-14-8(7)4-13/h2-3,6H,4-5,13H2,1H3. The molecule has 0 amide bonds. The zero-order valence-corrected chi connectivity index (χ0v) is 8.17. The predicted octanol–water partition coefficient (Wildman–Crippen LogP) is 2.21. The second kappa shape index (κ2) is 4.67. The van der Waals surface area contributed by atoms with Gasteiger partial charge in [-0.05, 0) is 13.0 Å². The second-order valence-electron chi connectivity index (χ2n) is 3.07. The van der Waals surface area contributed by atoms with E-state index in [1.165, 1.54) is 6.26 Å². The van der Waals surface area contributed by atoms with E-state index in [2.05, 4.69) is 4.74 Å². The Bertz CT molecular complexity index is 309. The molecule has 15 heavy (non-hydrogen) atoms. The number of ether oxygens (including phenoxy) is 1. The van der Waals surface area contributed by atoms with Gasteiger partial charge in [0.2, 0.25) is 0 Å². The van der Waals surface area contributed by atoms with E-state index in [0.717, 1.165) is 6.92 Å². The first-order chi connectivity index (χ1) is 6.95. The lowest BCUT2D eigenvalue weighted by Crippen LogP contribution is -2.28. The number of alkyl halides is 3. The van der Waals surface area contributed by atoms with Crippen LogP contribution in [0.4, 0.5) is 13.2 Å². The van der Waals surface area contributed by atoms with E-state index in [1.807, 2.05) is 0 Å². The highest BCUT2D eigenvalue weighted by Gasteiger charge is 2.36. The Morgan fingerprint density at radius 2 is 2.20 bits per heavy atom. The fourth-order valence-corrected chi connectivity index (χ4v) is 0.984. The smallest absolute Gasteiger partial charge is 0.414 e. The van der Waals surface area contributed by atoms with Gasteiger partial charge in [-0.3, -0.25) is 0 Å². The van der Waals surface area contributed by atoms with Crippen LogP contribution >= 0.6 is 0 Å². The van der Waals surface area contributed by atoms with E-state index in [9.17, 15) is 13.2 Å². The molecule has 6 heteroatoms. The van der Waals surface area contributed by atoms with Crippen LogP contribution in [0.1, 0.15) is 18.2 Å². The summed E-state index contributed by atoms with van der Waals surface area (Å²) in [5.74, 6) is 0.448. The summed E-state index contributed by atoms with van der Waals surface area (Å²) in [6, 6.07) is 1.55. The van der Waals surface area contributed by atoms with Gasteiger partial charge in [0.05, 0.1) is 19.4 Å². The summed E-state index contributed by atoms with van der Waals surface area (Å²) >= 11 is 0. The Kier molecular flexibility index (Phi) is 3.76. The Morgan fingerprint density at radius 3 is 2.73 bits per heavy atom. The zero-order valence-electron chi connectivity index (χ0n) is 8.17. The highest BCUT2D eigenvalue weighted by molar-refractivity contribution is 5.15. The van der Waals surface area contributed by atoms with E-state index in [1.54, 1.807) is 6.07 Å². The maximum absolute atomic E-state index is 12.1. The third-order valence-corrected chi connectivity index (χ3v) is 1.97. The van der Waals surface area contributed by atoms with Gasteiger partial charge in [0.25, 0.3) is 0 Å². The molecule has 0 aliphatic carbocycles. The van der Waals surface area contributed by atoms with Crippen molar-refractivity contribution in [1.29, 1.82) is 0 Å². The van der Waals surface area contributed by atoms with Crippen molar-refractivity contribution in [3.05, 3.63) is 23.7 Å². The first kappa shape index (κ1) is 12.1. The number of rotatable bonds is 4. The Hall–Kier alpha value is -1.01. The maximum atomic E-state index is 12.1. The number of halogens is 3. The summed E-state index contributed by atoms with van der Waals surface area (Å²) in [5.41, 5.74) is 5.87. The molecule has 0 fully saturated rings. The minimum Gasteiger partial charge on any atom is -0.468 e. The van der Waals surface area contributed by atoms with Crippen molar-refractivity contribution in [2.75, 3.05) is 0 Å².